The van der Waals surface area contributed by atoms with Gasteiger partial charge in [0.1, 0.15) is 0 Å². The molecule has 0 saturated carbocycles. The van der Waals surface area contributed by atoms with Crippen LogP contribution in [0.5, 0.6) is 0 Å². The molecule has 0 radical (unpaired) electrons. The molecule has 1 N–H and O–H groups in total. The summed E-state index contributed by atoms with van der Waals surface area (Å²) >= 11 is 0. The highest BCUT2D eigenvalue weighted by Crippen LogP contribution is 2.28. The smallest absolute Gasteiger partial charge is 0.278 e. The molecule has 1 aliphatic carbocycles. The van der Waals surface area contributed by atoms with E-state index in [1.165, 1.54) is 4.68 Å². The number of fused-ring (bicyclic) bond motifs is 1. The molecule has 3 aromatic rings. The molecule has 0 amide bonds. The van der Waals surface area contributed by atoms with Crippen LogP contribution >= 0.6 is 0 Å². The fourth-order valence-corrected chi connectivity index (χ4v) is 3.06. The Kier molecular flexibility index (Phi) is 3.58. The summed E-state index contributed by atoms with van der Waals surface area (Å²) < 4.78 is 1.50. The molecular formula is C21H16N2O2. The highest BCUT2D eigenvalue weighted by Gasteiger charge is 2.19. The largest absolute Gasteiger partial charge is 0.295 e. The monoisotopic (exact) mass is 328 g/mol. The van der Waals surface area contributed by atoms with Gasteiger partial charge in [0.2, 0.25) is 0 Å². The first-order chi connectivity index (χ1) is 12.1. The fraction of sp³-hybridized carbons (Fsp3) is 0.0476. The molecule has 0 fully saturated rings. The van der Waals surface area contributed by atoms with Crippen molar-refractivity contribution in [2.24, 2.45) is 0 Å². The molecule has 0 atom stereocenters. The third-order valence-corrected chi connectivity index (χ3v) is 4.35. The van der Waals surface area contributed by atoms with Crippen molar-refractivity contribution < 1.29 is 4.79 Å². The zero-order chi connectivity index (χ0) is 17.4. The van der Waals surface area contributed by atoms with Crippen molar-refractivity contribution in [1.29, 1.82) is 0 Å². The van der Waals surface area contributed by atoms with Gasteiger partial charge in [0, 0.05) is 11.3 Å². The number of hydrogen-bond donors (Lipinski definition) is 1. The molecule has 1 aliphatic rings. The van der Waals surface area contributed by atoms with Crippen LogP contribution in [0.25, 0.3) is 23.4 Å². The Bertz CT molecular complexity index is 1080. The number of benzene rings is 2. The number of carbonyl (C=O) groups is 1. The summed E-state index contributed by atoms with van der Waals surface area (Å²) in [5, 5.41) is 3.09. The Balaban J connectivity index is 1.88. The normalized spacial score (nSPS) is 14.8. The molecule has 0 unspecified atom stereocenters. The molecule has 25 heavy (non-hydrogen) atoms. The molecule has 0 bridgehead atoms. The molecule has 4 nitrogen and oxygen atoms in total. The maximum Gasteiger partial charge on any atom is 0.278 e. The quantitative estimate of drug-likeness (QED) is 0.731. The predicted molar refractivity (Wildman–Crippen MR) is 99.5 cm³/mol. The van der Waals surface area contributed by atoms with Crippen LogP contribution in [0, 0.1) is 6.92 Å². The number of nitrogens with one attached hydrogen (secondary N) is 1. The van der Waals surface area contributed by atoms with Crippen molar-refractivity contribution in [2.75, 3.05) is 0 Å². The minimum Gasteiger partial charge on any atom is -0.295 e. The number of hydrogen-bond acceptors (Lipinski definition) is 2. The highest BCUT2D eigenvalue weighted by atomic mass is 16.1. The second kappa shape index (κ2) is 5.91. The van der Waals surface area contributed by atoms with Crippen LogP contribution in [0.1, 0.15) is 22.4 Å². The van der Waals surface area contributed by atoms with Gasteiger partial charge in [-0.1, -0.05) is 48.5 Å². The minimum absolute atomic E-state index is 0.0926. The SMILES string of the molecule is Cc1[nH]n(-c2ccccc2)c(=O)c1C=C1C(=O)C=Cc2ccccc21. The predicted octanol–water partition coefficient (Wildman–Crippen LogP) is 3.61. The minimum atomic E-state index is -0.170. The summed E-state index contributed by atoms with van der Waals surface area (Å²) in [4.78, 5) is 25.2. The van der Waals surface area contributed by atoms with Gasteiger partial charge in [0.25, 0.3) is 5.56 Å². The van der Waals surface area contributed by atoms with E-state index >= 15 is 0 Å². The Morgan fingerprint density at radius 3 is 2.44 bits per heavy atom. The van der Waals surface area contributed by atoms with Gasteiger partial charge >= 0.3 is 0 Å². The number of rotatable bonds is 2. The molecule has 4 rings (SSSR count). The van der Waals surface area contributed by atoms with E-state index in [2.05, 4.69) is 5.10 Å². The van der Waals surface area contributed by atoms with Gasteiger partial charge in [-0.15, -0.1) is 0 Å². The summed E-state index contributed by atoms with van der Waals surface area (Å²) in [7, 11) is 0. The van der Waals surface area contributed by atoms with Crippen molar-refractivity contribution in [2.45, 2.75) is 6.92 Å². The number of para-hydroxylation sites is 1. The van der Waals surface area contributed by atoms with Gasteiger partial charge in [0.15, 0.2) is 5.78 Å². The van der Waals surface area contributed by atoms with Crippen LogP contribution in [-0.2, 0) is 4.79 Å². The number of aromatic nitrogens is 2. The number of aromatic amines is 1. The zero-order valence-corrected chi connectivity index (χ0v) is 13.7. The van der Waals surface area contributed by atoms with E-state index < -0.39 is 0 Å². The summed E-state index contributed by atoms with van der Waals surface area (Å²) in [6.07, 6.45) is 5.05. The van der Waals surface area contributed by atoms with Crippen LogP contribution < -0.4 is 5.56 Å². The second-order valence-corrected chi connectivity index (χ2v) is 5.97. The first-order valence-electron chi connectivity index (χ1n) is 8.06. The van der Waals surface area contributed by atoms with Crippen LogP contribution in [-0.4, -0.2) is 15.6 Å². The summed E-state index contributed by atoms with van der Waals surface area (Å²) in [5.74, 6) is -0.0926. The molecule has 1 aromatic heterocycles. The Labute approximate surface area is 144 Å². The van der Waals surface area contributed by atoms with Crippen LogP contribution in [0.3, 0.4) is 0 Å². The van der Waals surface area contributed by atoms with Gasteiger partial charge < -0.3 is 0 Å². The van der Waals surface area contributed by atoms with E-state index in [-0.39, 0.29) is 11.3 Å². The second-order valence-electron chi connectivity index (χ2n) is 5.97. The van der Waals surface area contributed by atoms with Crippen LogP contribution in [0.4, 0.5) is 0 Å². The van der Waals surface area contributed by atoms with Gasteiger partial charge in [-0.05, 0) is 42.3 Å². The standard InChI is InChI=1S/C21H16N2O2/c1-14-18(21(25)23(22-14)16-8-3-2-4-9-16)13-19-17-10-6-5-7-15(17)11-12-20(19)24/h2-13,22H,1H3. The van der Waals surface area contributed by atoms with Gasteiger partial charge in [-0.25, -0.2) is 4.68 Å². The Morgan fingerprint density at radius 2 is 1.64 bits per heavy atom. The lowest BCUT2D eigenvalue weighted by Gasteiger charge is -2.12. The molecular weight excluding hydrogens is 312 g/mol. The van der Waals surface area contributed by atoms with Crippen molar-refractivity contribution in [1.82, 2.24) is 9.78 Å². The number of ketones is 1. The molecule has 122 valence electrons. The van der Waals surface area contributed by atoms with Crippen molar-refractivity contribution >= 4 is 23.5 Å². The average molecular weight is 328 g/mol. The van der Waals surface area contributed by atoms with Crippen molar-refractivity contribution in [3.63, 3.8) is 0 Å². The molecule has 0 aliphatic heterocycles. The van der Waals surface area contributed by atoms with Gasteiger partial charge in [0.05, 0.1) is 11.3 Å². The van der Waals surface area contributed by atoms with E-state index in [4.69, 9.17) is 0 Å². The third-order valence-electron chi connectivity index (χ3n) is 4.35. The molecule has 2 aromatic carbocycles. The molecule has 1 heterocycles. The number of H-pyrrole nitrogens is 1. The molecule has 0 spiro atoms. The maximum atomic E-state index is 12.8. The number of nitrogens with zero attached hydrogens (tertiary/aromatic N) is 1. The van der Waals surface area contributed by atoms with E-state index in [9.17, 15) is 9.59 Å². The lowest BCUT2D eigenvalue weighted by molar-refractivity contribution is -0.109. The van der Waals surface area contributed by atoms with E-state index in [0.29, 0.717) is 11.1 Å². The van der Waals surface area contributed by atoms with Crippen molar-refractivity contribution in [3.8, 4) is 5.69 Å². The first-order valence-corrected chi connectivity index (χ1v) is 8.06. The number of allylic oxidation sites excluding steroid dienone is 2. The molecule has 0 saturated heterocycles. The van der Waals surface area contributed by atoms with Crippen LogP contribution in [0.2, 0.25) is 0 Å². The van der Waals surface area contributed by atoms with E-state index in [0.717, 1.165) is 22.5 Å². The van der Waals surface area contributed by atoms with E-state index in [1.54, 1.807) is 18.2 Å². The van der Waals surface area contributed by atoms with Gasteiger partial charge in [-0.3, -0.25) is 14.7 Å². The number of aryl methyl sites for hydroxylation is 1. The summed E-state index contributed by atoms with van der Waals surface area (Å²) in [6, 6.07) is 17.1. The lowest BCUT2D eigenvalue weighted by Crippen LogP contribution is -2.16. The third kappa shape index (κ3) is 2.58. The summed E-state index contributed by atoms with van der Waals surface area (Å²) in [6.45, 7) is 1.84. The van der Waals surface area contributed by atoms with Crippen LogP contribution in [0.15, 0.2) is 65.5 Å². The average Bonchev–Trinajstić information content (AvgIpc) is 2.93. The van der Waals surface area contributed by atoms with E-state index in [1.807, 2.05) is 61.5 Å². The Hall–Kier alpha value is -3.40. The Morgan fingerprint density at radius 1 is 0.920 bits per heavy atom. The van der Waals surface area contributed by atoms with Gasteiger partial charge in [-0.2, -0.15) is 0 Å². The topological polar surface area (TPSA) is 54.9 Å². The number of carbonyl (C=O) groups excluding carboxylic acids is 1. The lowest BCUT2D eigenvalue weighted by atomic mass is 9.90. The summed E-state index contributed by atoms with van der Waals surface area (Å²) in [5.41, 5.74) is 4.17. The zero-order valence-electron chi connectivity index (χ0n) is 13.7. The fourth-order valence-electron chi connectivity index (χ4n) is 3.06. The first kappa shape index (κ1) is 15.1. The maximum absolute atomic E-state index is 12.8. The molecule has 4 heteroatoms. The van der Waals surface area contributed by atoms with Crippen molar-refractivity contribution in [3.05, 3.63) is 93.4 Å². The highest BCUT2D eigenvalue weighted by molar-refractivity contribution is 6.33.